The van der Waals surface area contributed by atoms with Crippen LogP contribution in [-0.4, -0.2) is 70.5 Å². The number of piperidine rings is 1. The van der Waals surface area contributed by atoms with Crippen molar-refractivity contribution in [3.8, 4) is 0 Å². The van der Waals surface area contributed by atoms with E-state index in [1.807, 2.05) is 35.2 Å². The van der Waals surface area contributed by atoms with Crippen molar-refractivity contribution in [2.45, 2.75) is 38.3 Å². The SMILES string of the molecule is NC(=O)[C@H]1CN(C(=O)CCN2C(=O)CCCC2=O)CCN1Cc1ccccc1. The molecule has 1 atom stereocenters. The van der Waals surface area contributed by atoms with Gasteiger partial charge in [0.05, 0.1) is 0 Å². The molecule has 0 unspecified atom stereocenters. The molecular weight excluding hydrogens is 360 g/mol. The van der Waals surface area contributed by atoms with Crippen LogP contribution in [0.2, 0.25) is 0 Å². The maximum absolute atomic E-state index is 12.6. The van der Waals surface area contributed by atoms with Gasteiger partial charge in [0.15, 0.2) is 0 Å². The first kappa shape index (κ1) is 20.0. The van der Waals surface area contributed by atoms with E-state index >= 15 is 0 Å². The predicted octanol–water partition coefficient (Wildman–Crippen LogP) is 0.114. The average molecular weight is 386 g/mol. The molecule has 150 valence electrons. The topological polar surface area (TPSA) is 104 Å². The Bertz CT molecular complexity index is 736. The summed E-state index contributed by atoms with van der Waals surface area (Å²) in [5.41, 5.74) is 6.66. The number of benzene rings is 1. The molecule has 2 saturated heterocycles. The number of amides is 4. The monoisotopic (exact) mass is 386 g/mol. The molecule has 8 heteroatoms. The van der Waals surface area contributed by atoms with E-state index < -0.39 is 11.9 Å². The zero-order valence-corrected chi connectivity index (χ0v) is 15.9. The smallest absolute Gasteiger partial charge is 0.236 e. The van der Waals surface area contributed by atoms with E-state index in [2.05, 4.69) is 0 Å². The van der Waals surface area contributed by atoms with E-state index in [0.717, 1.165) is 5.56 Å². The molecule has 3 rings (SSSR count). The molecule has 1 aromatic carbocycles. The zero-order valence-electron chi connectivity index (χ0n) is 15.9. The number of nitrogens with two attached hydrogens (primary N) is 1. The van der Waals surface area contributed by atoms with Crippen LogP contribution < -0.4 is 5.73 Å². The molecule has 0 spiro atoms. The Hall–Kier alpha value is -2.74. The molecule has 0 bridgehead atoms. The summed E-state index contributed by atoms with van der Waals surface area (Å²) in [6.45, 7) is 1.94. The highest BCUT2D eigenvalue weighted by Crippen LogP contribution is 2.16. The Morgan fingerprint density at radius 1 is 1.04 bits per heavy atom. The molecule has 2 aliphatic rings. The lowest BCUT2D eigenvalue weighted by atomic mass is 10.1. The zero-order chi connectivity index (χ0) is 20.1. The largest absolute Gasteiger partial charge is 0.368 e. The molecule has 0 aromatic heterocycles. The maximum Gasteiger partial charge on any atom is 0.236 e. The Balaban J connectivity index is 1.57. The Kier molecular flexibility index (Phi) is 6.41. The van der Waals surface area contributed by atoms with Crippen LogP contribution in [0.3, 0.4) is 0 Å². The van der Waals surface area contributed by atoms with Crippen LogP contribution in [0.25, 0.3) is 0 Å². The molecule has 8 nitrogen and oxygen atoms in total. The lowest BCUT2D eigenvalue weighted by molar-refractivity contribution is -0.148. The second-order valence-electron chi connectivity index (χ2n) is 7.26. The summed E-state index contributed by atoms with van der Waals surface area (Å²) < 4.78 is 0. The number of piperazine rings is 1. The van der Waals surface area contributed by atoms with Gasteiger partial charge in [0.1, 0.15) is 6.04 Å². The van der Waals surface area contributed by atoms with E-state index in [4.69, 9.17) is 5.73 Å². The van der Waals surface area contributed by atoms with Gasteiger partial charge in [-0.25, -0.2) is 0 Å². The molecule has 2 aliphatic heterocycles. The number of rotatable bonds is 6. The molecule has 2 N–H and O–H groups in total. The Morgan fingerprint density at radius 3 is 2.36 bits per heavy atom. The maximum atomic E-state index is 12.6. The third-order valence-corrected chi connectivity index (χ3v) is 5.33. The van der Waals surface area contributed by atoms with Gasteiger partial charge in [-0.1, -0.05) is 30.3 Å². The number of carbonyl (C=O) groups excluding carboxylic acids is 4. The van der Waals surface area contributed by atoms with Gasteiger partial charge in [-0.15, -0.1) is 0 Å². The van der Waals surface area contributed by atoms with Gasteiger partial charge < -0.3 is 10.6 Å². The van der Waals surface area contributed by atoms with Crippen molar-refractivity contribution in [1.82, 2.24) is 14.7 Å². The third kappa shape index (κ3) is 4.75. The van der Waals surface area contributed by atoms with Crippen molar-refractivity contribution < 1.29 is 19.2 Å². The number of imide groups is 1. The number of likely N-dealkylation sites (tertiary alicyclic amines) is 1. The van der Waals surface area contributed by atoms with E-state index in [1.54, 1.807) is 4.90 Å². The van der Waals surface area contributed by atoms with Crippen molar-refractivity contribution in [2.75, 3.05) is 26.2 Å². The fraction of sp³-hybridized carbons (Fsp3) is 0.500. The fourth-order valence-corrected chi connectivity index (χ4v) is 3.74. The van der Waals surface area contributed by atoms with Crippen molar-refractivity contribution in [3.63, 3.8) is 0 Å². The van der Waals surface area contributed by atoms with Gasteiger partial charge >= 0.3 is 0 Å². The molecular formula is C20H26N4O4. The minimum Gasteiger partial charge on any atom is -0.368 e. The third-order valence-electron chi connectivity index (χ3n) is 5.33. The Labute approximate surface area is 164 Å². The summed E-state index contributed by atoms with van der Waals surface area (Å²) in [4.78, 5) is 53.1. The summed E-state index contributed by atoms with van der Waals surface area (Å²) >= 11 is 0. The van der Waals surface area contributed by atoms with Crippen LogP contribution in [0.1, 0.15) is 31.2 Å². The van der Waals surface area contributed by atoms with E-state index in [-0.39, 0.29) is 37.2 Å². The summed E-state index contributed by atoms with van der Waals surface area (Å²) in [7, 11) is 0. The normalized spacial score (nSPS) is 21.1. The molecule has 1 aromatic rings. The number of hydrogen-bond donors (Lipinski definition) is 1. The highest BCUT2D eigenvalue weighted by molar-refractivity contribution is 5.97. The Morgan fingerprint density at radius 2 is 1.71 bits per heavy atom. The summed E-state index contributed by atoms with van der Waals surface area (Å²) in [6, 6.07) is 9.24. The lowest BCUT2D eigenvalue weighted by Gasteiger charge is -2.40. The molecule has 0 radical (unpaired) electrons. The number of carbonyl (C=O) groups is 4. The molecule has 4 amide bonds. The molecule has 2 fully saturated rings. The second-order valence-corrected chi connectivity index (χ2v) is 7.26. The molecule has 0 aliphatic carbocycles. The van der Waals surface area contributed by atoms with Crippen LogP contribution in [-0.2, 0) is 25.7 Å². The molecule has 0 saturated carbocycles. The first-order chi connectivity index (χ1) is 13.5. The minimum atomic E-state index is -0.559. The average Bonchev–Trinajstić information content (AvgIpc) is 2.68. The van der Waals surface area contributed by atoms with Gasteiger partial charge in [-0.05, 0) is 12.0 Å². The van der Waals surface area contributed by atoms with E-state index in [9.17, 15) is 19.2 Å². The van der Waals surface area contributed by atoms with Gasteiger partial charge in [0, 0.05) is 52.0 Å². The van der Waals surface area contributed by atoms with E-state index in [1.165, 1.54) is 4.90 Å². The molecule has 28 heavy (non-hydrogen) atoms. The first-order valence-electron chi connectivity index (χ1n) is 9.64. The van der Waals surface area contributed by atoms with Crippen molar-refractivity contribution in [1.29, 1.82) is 0 Å². The second kappa shape index (κ2) is 8.97. The standard InChI is InChI=1S/C20H26N4O4/c21-20(28)16-14-23(12-11-22(16)13-15-5-2-1-3-6-15)17(25)9-10-24-18(26)7-4-8-19(24)27/h1-3,5-6,16H,4,7-14H2,(H2,21,28)/t16-/m1/s1. The summed E-state index contributed by atoms with van der Waals surface area (Å²) in [6.07, 6.45) is 1.34. The minimum absolute atomic E-state index is 0.0711. The van der Waals surface area contributed by atoms with Crippen LogP contribution in [0.4, 0.5) is 0 Å². The van der Waals surface area contributed by atoms with Crippen LogP contribution in [0.15, 0.2) is 30.3 Å². The number of nitrogens with zero attached hydrogens (tertiary/aromatic N) is 3. The van der Waals surface area contributed by atoms with Crippen LogP contribution in [0.5, 0.6) is 0 Å². The van der Waals surface area contributed by atoms with E-state index in [0.29, 0.717) is 38.9 Å². The highest BCUT2D eigenvalue weighted by Gasteiger charge is 2.33. The number of primary amides is 1. The quantitative estimate of drug-likeness (QED) is 0.699. The fourth-order valence-electron chi connectivity index (χ4n) is 3.74. The van der Waals surface area contributed by atoms with Gasteiger partial charge in [0.2, 0.25) is 23.6 Å². The lowest BCUT2D eigenvalue weighted by Crippen LogP contribution is -2.59. The van der Waals surface area contributed by atoms with Gasteiger partial charge in [-0.3, -0.25) is 29.0 Å². The van der Waals surface area contributed by atoms with Crippen molar-refractivity contribution >= 4 is 23.6 Å². The van der Waals surface area contributed by atoms with Gasteiger partial charge in [0.25, 0.3) is 0 Å². The highest BCUT2D eigenvalue weighted by atomic mass is 16.2. The molecule has 2 heterocycles. The summed E-state index contributed by atoms with van der Waals surface area (Å²) in [5, 5.41) is 0. The predicted molar refractivity (Wildman–Crippen MR) is 102 cm³/mol. The van der Waals surface area contributed by atoms with Gasteiger partial charge in [-0.2, -0.15) is 0 Å². The van der Waals surface area contributed by atoms with Crippen LogP contribution in [0, 0.1) is 0 Å². The number of hydrogen-bond acceptors (Lipinski definition) is 5. The first-order valence-corrected chi connectivity index (χ1v) is 9.64. The van der Waals surface area contributed by atoms with Crippen molar-refractivity contribution in [2.24, 2.45) is 5.73 Å². The summed E-state index contributed by atoms with van der Waals surface area (Å²) in [5.74, 6) is -1.06. The van der Waals surface area contributed by atoms with Crippen molar-refractivity contribution in [3.05, 3.63) is 35.9 Å². The van der Waals surface area contributed by atoms with Crippen LogP contribution >= 0.6 is 0 Å².